The molecule has 1 aromatic heterocycles. The van der Waals surface area contributed by atoms with Gasteiger partial charge in [-0.25, -0.2) is 4.98 Å². The Kier molecular flexibility index (Phi) is 5.80. The van der Waals surface area contributed by atoms with Crippen molar-refractivity contribution in [3.63, 3.8) is 0 Å². The molecule has 27 heavy (non-hydrogen) atoms. The van der Waals surface area contributed by atoms with E-state index in [0.717, 1.165) is 28.1 Å². The second-order valence-electron chi connectivity index (χ2n) is 6.50. The van der Waals surface area contributed by atoms with Crippen LogP contribution >= 0.6 is 0 Å². The van der Waals surface area contributed by atoms with Gasteiger partial charge in [0.2, 0.25) is 5.91 Å². The highest BCUT2D eigenvalue weighted by Crippen LogP contribution is 2.25. The van der Waals surface area contributed by atoms with Crippen molar-refractivity contribution in [3.8, 4) is 11.4 Å². The number of likely N-dealkylation sites (N-methyl/N-ethyl adjacent to an activating group) is 1. The number of hydrogen-bond donors (Lipinski definition) is 4. The molecule has 3 rings (SSSR count). The van der Waals surface area contributed by atoms with E-state index >= 15 is 0 Å². The van der Waals surface area contributed by atoms with Crippen molar-refractivity contribution in [3.05, 3.63) is 59.9 Å². The third-order valence-electron chi connectivity index (χ3n) is 4.03. The normalized spacial score (nSPS) is 10.8. The topological polar surface area (TPSA) is 112 Å². The second-order valence-corrected chi connectivity index (χ2v) is 6.50. The Morgan fingerprint density at radius 3 is 2.59 bits per heavy atom. The van der Waals surface area contributed by atoms with E-state index in [1.54, 1.807) is 6.33 Å². The predicted molar refractivity (Wildman–Crippen MR) is 106 cm³/mol. The fourth-order valence-electron chi connectivity index (χ4n) is 2.78. The van der Waals surface area contributed by atoms with Gasteiger partial charge in [0.05, 0.1) is 12.2 Å². The summed E-state index contributed by atoms with van der Waals surface area (Å²) in [6.07, 6.45) is 2.23. The number of carbonyl (C=O) groups excluding carboxylic acids is 1. The fourth-order valence-corrected chi connectivity index (χ4v) is 2.78. The van der Waals surface area contributed by atoms with E-state index in [4.69, 9.17) is 5.84 Å². The summed E-state index contributed by atoms with van der Waals surface area (Å²) in [5.41, 5.74) is 7.40. The number of amides is 1. The highest BCUT2D eigenvalue weighted by atomic mass is 16.2. The Labute approximate surface area is 157 Å². The standard InChI is InChI=1S/C19H23N7O/c1-26(2)11-18(27)23-16-6-3-13(4-7-16)9-15-10-14(5-8-17(15)24-20)19-21-12-22-25-19/h3-8,10,12,24H,9,11,20H2,1-2H3,(H,23,27)(H,21,22,25). The van der Waals surface area contributed by atoms with E-state index < -0.39 is 0 Å². The van der Waals surface area contributed by atoms with Crippen LogP contribution in [0.15, 0.2) is 48.8 Å². The SMILES string of the molecule is CN(C)CC(=O)Nc1ccc(Cc2cc(-c3nc[nH]n3)ccc2NN)cc1. The van der Waals surface area contributed by atoms with Crippen molar-refractivity contribution in [2.75, 3.05) is 31.4 Å². The van der Waals surface area contributed by atoms with E-state index in [2.05, 4.69) is 25.9 Å². The molecule has 0 fully saturated rings. The van der Waals surface area contributed by atoms with Crippen LogP contribution in [0.2, 0.25) is 0 Å². The molecule has 0 saturated carbocycles. The van der Waals surface area contributed by atoms with Gasteiger partial charge in [-0.2, -0.15) is 5.10 Å². The van der Waals surface area contributed by atoms with Crippen molar-refractivity contribution in [2.45, 2.75) is 6.42 Å². The lowest BCUT2D eigenvalue weighted by atomic mass is 10.0. The van der Waals surface area contributed by atoms with E-state index in [-0.39, 0.29) is 5.91 Å². The molecule has 1 heterocycles. The van der Waals surface area contributed by atoms with Gasteiger partial charge in [-0.3, -0.25) is 15.7 Å². The zero-order valence-electron chi connectivity index (χ0n) is 15.4. The molecule has 0 bridgehead atoms. The van der Waals surface area contributed by atoms with Crippen LogP contribution in [0.3, 0.4) is 0 Å². The molecule has 0 radical (unpaired) electrons. The number of nitrogens with two attached hydrogens (primary N) is 1. The molecule has 5 N–H and O–H groups in total. The lowest BCUT2D eigenvalue weighted by Crippen LogP contribution is -2.27. The lowest BCUT2D eigenvalue weighted by Gasteiger charge is -2.12. The van der Waals surface area contributed by atoms with Gasteiger partial charge < -0.3 is 15.6 Å². The molecule has 0 unspecified atom stereocenters. The maximum atomic E-state index is 11.8. The number of aromatic nitrogens is 3. The molecule has 2 aromatic carbocycles. The number of carbonyl (C=O) groups is 1. The predicted octanol–water partition coefficient (Wildman–Crippen LogP) is 1.85. The molecule has 3 aromatic rings. The number of rotatable bonds is 7. The average molecular weight is 365 g/mol. The molecular weight excluding hydrogens is 342 g/mol. The third kappa shape index (κ3) is 4.90. The molecule has 0 aliphatic heterocycles. The number of benzene rings is 2. The Morgan fingerprint density at radius 1 is 1.19 bits per heavy atom. The number of aromatic amines is 1. The van der Waals surface area contributed by atoms with Gasteiger partial charge in [-0.05, 0) is 62.0 Å². The van der Waals surface area contributed by atoms with E-state index in [1.807, 2.05) is 61.5 Å². The van der Waals surface area contributed by atoms with Gasteiger partial charge in [0, 0.05) is 11.3 Å². The zero-order valence-corrected chi connectivity index (χ0v) is 15.4. The fraction of sp³-hybridized carbons (Fsp3) is 0.211. The van der Waals surface area contributed by atoms with Crippen molar-refractivity contribution >= 4 is 17.3 Å². The number of nitrogen functional groups attached to an aromatic ring is 1. The smallest absolute Gasteiger partial charge is 0.238 e. The number of nitrogens with zero attached hydrogens (tertiary/aromatic N) is 3. The van der Waals surface area contributed by atoms with Crippen LogP contribution in [-0.4, -0.2) is 46.6 Å². The molecule has 8 heteroatoms. The lowest BCUT2D eigenvalue weighted by molar-refractivity contribution is -0.116. The van der Waals surface area contributed by atoms with Crippen LogP contribution in [0.25, 0.3) is 11.4 Å². The van der Waals surface area contributed by atoms with Gasteiger partial charge in [-0.1, -0.05) is 12.1 Å². The Balaban J connectivity index is 1.74. The van der Waals surface area contributed by atoms with Crippen molar-refractivity contribution in [1.29, 1.82) is 0 Å². The van der Waals surface area contributed by atoms with Crippen LogP contribution in [0.4, 0.5) is 11.4 Å². The van der Waals surface area contributed by atoms with Crippen molar-refractivity contribution in [2.24, 2.45) is 5.84 Å². The quantitative estimate of drug-likeness (QED) is 0.375. The largest absolute Gasteiger partial charge is 0.325 e. The van der Waals surface area contributed by atoms with Gasteiger partial charge in [0.1, 0.15) is 6.33 Å². The summed E-state index contributed by atoms with van der Waals surface area (Å²) in [6.45, 7) is 0.349. The van der Waals surface area contributed by atoms with Gasteiger partial charge >= 0.3 is 0 Å². The van der Waals surface area contributed by atoms with E-state index in [1.165, 1.54) is 0 Å². The first kappa shape index (κ1) is 18.6. The minimum Gasteiger partial charge on any atom is -0.325 e. The Hall–Kier alpha value is -3.23. The van der Waals surface area contributed by atoms with Gasteiger partial charge in [0.15, 0.2) is 5.82 Å². The molecule has 8 nitrogen and oxygen atoms in total. The van der Waals surface area contributed by atoms with Crippen molar-refractivity contribution < 1.29 is 4.79 Å². The summed E-state index contributed by atoms with van der Waals surface area (Å²) in [4.78, 5) is 17.9. The summed E-state index contributed by atoms with van der Waals surface area (Å²) in [7, 11) is 3.72. The van der Waals surface area contributed by atoms with Crippen LogP contribution in [0, 0.1) is 0 Å². The number of hydrazine groups is 1. The molecule has 0 aliphatic carbocycles. The maximum Gasteiger partial charge on any atom is 0.238 e. The average Bonchev–Trinajstić information content (AvgIpc) is 3.17. The minimum atomic E-state index is -0.0402. The number of hydrogen-bond acceptors (Lipinski definition) is 6. The van der Waals surface area contributed by atoms with Crippen LogP contribution in [0.5, 0.6) is 0 Å². The monoisotopic (exact) mass is 365 g/mol. The molecule has 0 aliphatic rings. The first-order valence-electron chi connectivity index (χ1n) is 8.54. The van der Waals surface area contributed by atoms with Crippen LogP contribution < -0.4 is 16.6 Å². The number of nitrogens with one attached hydrogen (secondary N) is 3. The third-order valence-corrected chi connectivity index (χ3v) is 4.03. The molecule has 140 valence electrons. The summed E-state index contributed by atoms with van der Waals surface area (Å²) in [6, 6.07) is 13.6. The van der Waals surface area contributed by atoms with Crippen LogP contribution in [0.1, 0.15) is 11.1 Å². The van der Waals surface area contributed by atoms with E-state index in [9.17, 15) is 4.79 Å². The molecular formula is C19H23N7O. The Morgan fingerprint density at radius 2 is 1.96 bits per heavy atom. The molecule has 1 amide bonds. The molecule has 0 saturated heterocycles. The van der Waals surface area contributed by atoms with Gasteiger partial charge in [-0.15, -0.1) is 0 Å². The second kappa shape index (κ2) is 8.43. The first-order chi connectivity index (χ1) is 13.0. The summed E-state index contributed by atoms with van der Waals surface area (Å²) in [5.74, 6) is 6.25. The van der Waals surface area contributed by atoms with Crippen LogP contribution in [-0.2, 0) is 11.2 Å². The summed E-state index contributed by atoms with van der Waals surface area (Å²) < 4.78 is 0. The first-order valence-corrected chi connectivity index (χ1v) is 8.54. The zero-order chi connectivity index (χ0) is 19.2. The number of H-pyrrole nitrogens is 1. The summed E-state index contributed by atoms with van der Waals surface area (Å²) in [5, 5.41) is 9.72. The van der Waals surface area contributed by atoms with E-state index in [0.29, 0.717) is 18.8 Å². The summed E-state index contributed by atoms with van der Waals surface area (Å²) >= 11 is 0. The maximum absolute atomic E-state index is 11.8. The molecule has 0 spiro atoms. The minimum absolute atomic E-state index is 0.0402. The Bertz CT molecular complexity index is 889. The van der Waals surface area contributed by atoms with Crippen molar-refractivity contribution in [1.82, 2.24) is 20.1 Å². The number of anilines is 2. The van der Waals surface area contributed by atoms with Gasteiger partial charge in [0.25, 0.3) is 0 Å². The highest BCUT2D eigenvalue weighted by Gasteiger charge is 2.09. The highest BCUT2D eigenvalue weighted by molar-refractivity contribution is 5.92. The molecule has 0 atom stereocenters.